The summed E-state index contributed by atoms with van der Waals surface area (Å²) < 4.78 is 16.0. The van der Waals surface area contributed by atoms with Gasteiger partial charge < -0.3 is 14.2 Å². The first-order chi connectivity index (χ1) is 14.8. The van der Waals surface area contributed by atoms with Gasteiger partial charge in [-0.3, -0.25) is 15.4 Å². The van der Waals surface area contributed by atoms with E-state index in [0.717, 1.165) is 11.3 Å². The number of fused-ring (bicyclic) bond motifs is 1. The molecule has 4 rings (SSSR count). The van der Waals surface area contributed by atoms with Crippen molar-refractivity contribution in [2.45, 2.75) is 26.4 Å². The van der Waals surface area contributed by atoms with E-state index in [1.807, 2.05) is 23.6 Å². The lowest BCUT2D eigenvalue weighted by molar-refractivity contribution is 0.0635. The van der Waals surface area contributed by atoms with Gasteiger partial charge in [0.2, 0.25) is 6.79 Å². The third-order valence-corrected chi connectivity index (χ3v) is 4.92. The minimum atomic E-state index is -0.612. The third kappa shape index (κ3) is 5.13. The Kier molecular flexibility index (Phi) is 5.51. The van der Waals surface area contributed by atoms with E-state index in [0.29, 0.717) is 27.9 Å². The fourth-order valence-electron chi connectivity index (χ4n) is 2.85. The predicted molar refractivity (Wildman–Crippen MR) is 118 cm³/mol. The summed E-state index contributed by atoms with van der Waals surface area (Å²) in [4.78, 5) is 29.1. The van der Waals surface area contributed by atoms with Crippen molar-refractivity contribution >= 4 is 34.2 Å². The van der Waals surface area contributed by atoms with Crippen molar-refractivity contribution < 1.29 is 23.8 Å². The molecule has 1 aliphatic rings. The smallest absolute Gasteiger partial charge is 0.412 e. The molecule has 0 atom stereocenters. The molecule has 0 aliphatic carbocycles. The van der Waals surface area contributed by atoms with Crippen LogP contribution >= 0.6 is 11.3 Å². The summed E-state index contributed by atoms with van der Waals surface area (Å²) in [5, 5.41) is 7.73. The van der Waals surface area contributed by atoms with Crippen LogP contribution in [0.1, 0.15) is 31.1 Å². The molecule has 3 aromatic rings. The second kappa shape index (κ2) is 8.27. The molecule has 9 heteroatoms. The van der Waals surface area contributed by atoms with Crippen molar-refractivity contribution in [3.63, 3.8) is 0 Å². The zero-order chi connectivity index (χ0) is 22.0. The summed E-state index contributed by atoms with van der Waals surface area (Å²) in [6.07, 6.45) is -0.585. The lowest BCUT2D eigenvalue weighted by atomic mass is 10.1. The van der Waals surface area contributed by atoms with Crippen LogP contribution in [0.4, 0.5) is 15.6 Å². The standard InChI is InChI=1S/C22H21N3O5S/c1-22(2,3)30-21(27)23-15-6-4-5-14(9-15)19(26)25-20-24-16(11-31-20)13-7-8-17-18(10-13)29-12-28-17/h4-11H,12H2,1-3H3,(H,23,27)(H,24,25,26). The van der Waals surface area contributed by atoms with Gasteiger partial charge in [0.05, 0.1) is 5.69 Å². The zero-order valence-corrected chi connectivity index (χ0v) is 18.0. The minimum Gasteiger partial charge on any atom is -0.454 e. The molecule has 0 saturated carbocycles. The Bertz CT molecular complexity index is 1140. The van der Waals surface area contributed by atoms with Crippen molar-refractivity contribution in [1.82, 2.24) is 4.98 Å². The Morgan fingerprint density at radius 2 is 1.87 bits per heavy atom. The SMILES string of the molecule is CC(C)(C)OC(=O)Nc1cccc(C(=O)Nc2nc(-c3ccc4c(c3)OCO4)cs2)c1. The summed E-state index contributed by atoms with van der Waals surface area (Å²) in [7, 11) is 0. The molecular weight excluding hydrogens is 418 g/mol. The number of carbonyl (C=O) groups is 2. The summed E-state index contributed by atoms with van der Waals surface area (Å²) in [6.45, 7) is 5.55. The molecule has 1 aliphatic heterocycles. The number of hydrogen-bond donors (Lipinski definition) is 2. The van der Waals surface area contributed by atoms with E-state index in [-0.39, 0.29) is 12.7 Å². The van der Waals surface area contributed by atoms with Gasteiger partial charge in [0, 0.05) is 22.2 Å². The molecule has 0 bridgehead atoms. The van der Waals surface area contributed by atoms with Crippen LogP contribution < -0.4 is 20.1 Å². The maximum Gasteiger partial charge on any atom is 0.412 e. The highest BCUT2D eigenvalue weighted by Gasteiger charge is 2.18. The van der Waals surface area contributed by atoms with Crippen molar-refractivity contribution in [3.05, 3.63) is 53.4 Å². The van der Waals surface area contributed by atoms with Crippen LogP contribution in [0.25, 0.3) is 11.3 Å². The lowest BCUT2D eigenvalue weighted by Gasteiger charge is -2.19. The molecule has 2 amide bonds. The Hall–Kier alpha value is -3.59. The van der Waals surface area contributed by atoms with Gasteiger partial charge in [0.1, 0.15) is 5.60 Å². The van der Waals surface area contributed by atoms with E-state index >= 15 is 0 Å². The number of thiazole rings is 1. The summed E-state index contributed by atoms with van der Waals surface area (Å²) in [5.41, 5.74) is 1.82. The number of ether oxygens (including phenoxy) is 3. The average Bonchev–Trinajstić information content (AvgIpc) is 3.35. The Labute approximate surface area is 183 Å². The molecular formula is C22H21N3O5S. The summed E-state index contributed by atoms with van der Waals surface area (Å²) in [6, 6.07) is 12.2. The van der Waals surface area contributed by atoms with Gasteiger partial charge >= 0.3 is 6.09 Å². The van der Waals surface area contributed by atoms with E-state index in [9.17, 15) is 9.59 Å². The molecule has 2 heterocycles. The van der Waals surface area contributed by atoms with Gasteiger partial charge in [-0.05, 0) is 57.2 Å². The number of anilines is 2. The Morgan fingerprint density at radius 1 is 1.06 bits per heavy atom. The van der Waals surface area contributed by atoms with Gasteiger partial charge in [-0.1, -0.05) is 6.07 Å². The van der Waals surface area contributed by atoms with E-state index < -0.39 is 11.7 Å². The van der Waals surface area contributed by atoms with Gasteiger partial charge in [0.15, 0.2) is 16.6 Å². The maximum atomic E-state index is 12.7. The first-order valence-corrected chi connectivity index (χ1v) is 10.4. The topological polar surface area (TPSA) is 98.8 Å². The number of amides is 2. The van der Waals surface area contributed by atoms with Crippen molar-refractivity contribution in [2.24, 2.45) is 0 Å². The third-order valence-electron chi connectivity index (χ3n) is 4.16. The fraction of sp³-hybridized carbons (Fsp3) is 0.227. The second-order valence-electron chi connectivity index (χ2n) is 7.77. The molecule has 2 N–H and O–H groups in total. The number of benzene rings is 2. The van der Waals surface area contributed by atoms with Crippen LogP contribution in [0.3, 0.4) is 0 Å². The van der Waals surface area contributed by atoms with Gasteiger partial charge in [0.25, 0.3) is 5.91 Å². The number of aromatic nitrogens is 1. The summed E-state index contributed by atoms with van der Waals surface area (Å²) in [5.74, 6) is 1.04. The van der Waals surface area contributed by atoms with Crippen LogP contribution in [-0.2, 0) is 4.74 Å². The first-order valence-electron chi connectivity index (χ1n) is 9.54. The van der Waals surface area contributed by atoms with E-state index in [1.165, 1.54) is 11.3 Å². The first kappa shape index (κ1) is 20.7. The molecule has 1 aromatic heterocycles. The largest absolute Gasteiger partial charge is 0.454 e. The average molecular weight is 439 g/mol. The van der Waals surface area contributed by atoms with Gasteiger partial charge in [-0.2, -0.15) is 0 Å². The number of carbonyl (C=O) groups excluding carboxylic acids is 2. The lowest BCUT2D eigenvalue weighted by Crippen LogP contribution is -2.27. The molecule has 0 unspecified atom stereocenters. The molecule has 31 heavy (non-hydrogen) atoms. The molecule has 2 aromatic carbocycles. The second-order valence-corrected chi connectivity index (χ2v) is 8.63. The van der Waals surface area contributed by atoms with Crippen molar-refractivity contribution in [2.75, 3.05) is 17.4 Å². The summed E-state index contributed by atoms with van der Waals surface area (Å²) >= 11 is 1.32. The van der Waals surface area contributed by atoms with Crippen LogP contribution in [-0.4, -0.2) is 29.4 Å². The number of rotatable bonds is 4. The fourth-order valence-corrected chi connectivity index (χ4v) is 3.56. The molecule has 0 spiro atoms. The van der Waals surface area contributed by atoms with Crippen LogP contribution in [0.2, 0.25) is 0 Å². The van der Waals surface area contributed by atoms with E-state index in [2.05, 4.69) is 15.6 Å². The van der Waals surface area contributed by atoms with Crippen LogP contribution in [0, 0.1) is 0 Å². The Morgan fingerprint density at radius 3 is 2.68 bits per heavy atom. The molecule has 8 nitrogen and oxygen atoms in total. The number of hydrogen-bond acceptors (Lipinski definition) is 7. The van der Waals surface area contributed by atoms with Crippen LogP contribution in [0.15, 0.2) is 47.8 Å². The van der Waals surface area contributed by atoms with Gasteiger partial charge in [-0.25, -0.2) is 9.78 Å². The molecule has 0 radical (unpaired) electrons. The quantitative estimate of drug-likeness (QED) is 0.584. The molecule has 0 saturated heterocycles. The number of nitrogens with zero attached hydrogens (tertiary/aromatic N) is 1. The molecule has 0 fully saturated rings. The Balaban J connectivity index is 1.43. The normalized spacial score (nSPS) is 12.4. The molecule has 160 valence electrons. The monoisotopic (exact) mass is 439 g/mol. The highest BCUT2D eigenvalue weighted by molar-refractivity contribution is 7.14. The van der Waals surface area contributed by atoms with E-state index in [1.54, 1.807) is 45.0 Å². The maximum absolute atomic E-state index is 12.7. The zero-order valence-electron chi connectivity index (χ0n) is 17.2. The van der Waals surface area contributed by atoms with Crippen molar-refractivity contribution in [1.29, 1.82) is 0 Å². The van der Waals surface area contributed by atoms with Gasteiger partial charge in [-0.15, -0.1) is 11.3 Å². The predicted octanol–water partition coefficient (Wildman–Crippen LogP) is 5.14. The minimum absolute atomic E-state index is 0.207. The highest BCUT2D eigenvalue weighted by Crippen LogP contribution is 2.36. The van der Waals surface area contributed by atoms with E-state index in [4.69, 9.17) is 14.2 Å². The number of nitrogens with one attached hydrogen (secondary N) is 2. The van der Waals surface area contributed by atoms with Crippen LogP contribution in [0.5, 0.6) is 11.5 Å². The van der Waals surface area contributed by atoms with Crippen molar-refractivity contribution in [3.8, 4) is 22.8 Å². The highest BCUT2D eigenvalue weighted by atomic mass is 32.1.